The predicted octanol–water partition coefficient (Wildman–Crippen LogP) is 6.90. The van der Waals surface area contributed by atoms with Gasteiger partial charge >= 0.3 is 5.97 Å². The molecule has 0 aromatic heterocycles. The summed E-state index contributed by atoms with van der Waals surface area (Å²) in [6, 6.07) is 18.9. The predicted molar refractivity (Wildman–Crippen MR) is 171 cm³/mol. The molecule has 0 radical (unpaired) electrons. The minimum Gasteiger partial charge on any atom is -0.478 e. The molecule has 6 rings (SSSR count). The third kappa shape index (κ3) is 6.43. The van der Waals surface area contributed by atoms with Gasteiger partial charge in [0.05, 0.1) is 0 Å². The zero-order valence-electron chi connectivity index (χ0n) is 24.8. The summed E-state index contributed by atoms with van der Waals surface area (Å²) in [6.45, 7) is 9.70. The van der Waals surface area contributed by atoms with Gasteiger partial charge in [0.15, 0.2) is 0 Å². The van der Waals surface area contributed by atoms with Crippen molar-refractivity contribution in [2.75, 3.05) is 44.2 Å². The summed E-state index contributed by atoms with van der Waals surface area (Å²) in [5.41, 5.74) is 6.95. The highest BCUT2D eigenvalue weighted by Gasteiger charge is 2.30. The number of rotatable bonds is 7. The summed E-state index contributed by atoms with van der Waals surface area (Å²) in [4.78, 5) is 29.2. The van der Waals surface area contributed by atoms with Crippen LogP contribution in [0.1, 0.15) is 65.0 Å². The van der Waals surface area contributed by atoms with Crippen molar-refractivity contribution < 1.29 is 19.4 Å². The van der Waals surface area contributed by atoms with Gasteiger partial charge in [-0.25, -0.2) is 4.79 Å². The Hall–Kier alpha value is -3.81. The van der Waals surface area contributed by atoms with Gasteiger partial charge in [-0.2, -0.15) is 0 Å². The van der Waals surface area contributed by atoms with Crippen LogP contribution in [0.4, 0.5) is 5.69 Å². The van der Waals surface area contributed by atoms with Gasteiger partial charge in [0, 0.05) is 67.2 Å². The Labute approximate surface area is 258 Å². The Morgan fingerprint density at radius 1 is 1.00 bits per heavy atom. The molecule has 1 amide bonds. The molecule has 3 aliphatic rings. The van der Waals surface area contributed by atoms with Crippen molar-refractivity contribution in [3.8, 4) is 11.5 Å². The number of carbonyl (C=O) groups excluding carboxylic acids is 1. The largest absolute Gasteiger partial charge is 0.478 e. The van der Waals surface area contributed by atoms with Gasteiger partial charge in [-0.15, -0.1) is 0 Å². The lowest BCUT2D eigenvalue weighted by Crippen LogP contribution is -2.47. The van der Waals surface area contributed by atoms with E-state index in [-0.39, 0.29) is 22.6 Å². The average Bonchev–Trinajstić information content (AvgIpc) is 2.99. The number of fused-ring (bicyclic) bond motifs is 1. The highest BCUT2D eigenvalue weighted by molar-refractivity contribution is 6.30. The number of carboxylic acids is 1. The van der Waals surface area contributed by atoms with E-state index in [1.54, 1.807) is 24.3 Å². The van der Waals surface area contributed by atoms with E-state index in [9.17, 15) is 14.7 Å². The molecule has 224 valence electrons. The number of nitrogens with one attached hydrogen (secondary N) is 1. The number of piperazine rings is 1. The summed E-state index contributed by atoms with van der Waals surface area (Å²) in [6.07, 6.45) is 3.99. The van der Waals surface area contributed by atoms with E-state index in [0.29, 0.717) is 24.3 Å². The third-order valence-corrected chi connectivity index (χ3v) is 9.24. The smallest absolute Gasteiger partial charge is 0.339 e. The van der Waals surface area contributed by atoms with Gasteiger partial charge in [-0.3, -0.25) is 9.69 Å². The first-order valence-corrected chi connectivity index (χ1v) is 15.4. The van der Waals surface area contributed by atoms with E-state index in [1.807, 2.05) is 24.3 Å². The Balaban J connectivity index is 1.18. The molecule has 8 heteroatoms. The molecule has 3 aromatic carbocycles. The topological polar surface area (TPSA) is 82.1 Å². The van der Waals surface area contributed by atoms with Crippen molar-refractivity contribution in [3.05, 3.63) is 93.5 Å². The number of benzene rings is 3. The third-order valence-electron chi connectivity index (χ3n) is 8.98. The van der Waals surface area contributed by atoms with Crippen LogP contribution in [0.15, 0.2) is 66.2 Å². The van der Waals surface area contributed by atoms with Gasteiger partial charge in [0.25, 0.3) is 5.91 Å². The van der Waals surface area contributed by atoms with E-state index in [2.05, 4.69) is 41.1 Å². The molecule has 0 saturated carbocycles. The quantitative estimate of drug-likeness (QED) is 0.307. The molecule has 43 heavy (non-hydrogen) atoms. The number of anilines is 1. The average molecular weight is 600 g/mol. The van der Waals surface area contributed by atoms with Crippen LogP contribution in [0.2, 0.25) is 5.02 Å². The molecule has 1 fully saturated rings. The number of hydrogen-bond acceptors (Lipinski definition) is 5. The number of ether oxygens (including phenoxy) is 1. The maximum Gasteiger partial charge on any atom is 0.339 e. The Kier molecular flexibility index (Phi) is 8.21. The highest BCUT2D eigenvalue weighted by Crippen LogP contribution is 2.43. The zero-order valence-corrected chi connectivity index (χ0v) is 25.5. The van der Waals surface area contributed by atoms with Crippen LogP contribution in [-0.2, 0) is 6.42 Å². The lowest BCUT2D eigenvalue weighted by Gasteiger charge is -2.39. The van der Waals surface area contributed by atoms with Crippen LogP contribution in [-0.4, -0.2) is 61.2 Å². The highest BCUT2D eigenvalue weighted by atomic mass is 35.5. The standard InChI is InChI=1S/C35H38ClN3O4/c1-35(2)14-12-24(30(21-35)23-6-8-25(36)9-7-23)22-38-16-18-39(19-17-38)26-10-11-29(34(41)42)32(20-26)43-31-5-3-4-28-27(31)13-15-37-33(28)40/h3-11,20H,12-19,21-22H2,1-2H3,(H,37,40)(H,41,42). The maximum absolute atomic E-state index is 12.3. The number of amides is 1. The molecule has 3 aromatic rings. The fourth-order valence-corrected chi connectivity index (χ4v) is 6.64. The fraction of sp³-hybridized carbons (Fsp3) is 0.371. The van der Waals surface area contributed by atoms with E-state index in [1.165, 1.54) is 23.1 Å². The molecule has 2 N–H and O–H groups in total. The second kappa shape index (κ2) is 12.1. The van der Waals surface area contributed by atoms with Crippen molar-refractivity contribution in [2.24, 2.45) is 5.41 Å². The number of carbonyl (C=O) groups is 2. The first-order valence-electron chi connectivity index (χ1n) is 15.1. The summed E-state index contributed by atoms with van der Waals surface area (Å²) in [5, 5.41) is 13.5. The van der Waals surface area contributed by atoms with Gasteiger partial charge in [-0.1, -0.05) is 49.2 Å². The van der Waals surface area contributed by atoms with Crippen molar-refractivity contribution in [3.63, 3.8) is 0 Å². The van der Waals surface area contributed by atoms with Crippen molar-refractivity contribution >= 4 is 34.7 Å². The van der Waals surface area contributed by atoms with Crippen LogP contribution in [0, 0.1) is 5.41 Å². The zero-order chi connectivity index (χ0) is 30.1. The van der Waals surface area contributed by atoms with Crippen LogP contribution >= 0.6 is 11.6 Å². The van der Waals surface area contributed by atoms with E-state index in [0.717, 1.165) is 61.8 Å². The van der Waals surface area contributed by atoms with Crippen molar-refractivity contribution in [1.82, 2.24) is 10.2 Å². The van der Waals surface area contributed by atoms with E-state index in [4.69, 9.17) is 16.3 Å². The van der Waals surface area contributed by atoms with Gasteiger partial charge in [0.1, 0.15) is 17.1 Å². The van der Waals surface area contributed by atoms with E-state index >= 15 is 0 Å². The molecule has 0 bridgehead atoms. The van der Waals surface area contributed by atoms with Crippen LogP contribution < -0.4 is 15.0 Å². The molecule has 1 aliphatic carbocycles. The number of aromatic carboxylic acids is 1. The molecule has 0 spiro atoms. The number of halogens is 1. The number of allylic oxidation sites excluding steroid dienone is 1. The Bertz CT molecular complexity index is 1570. The summed E-state index contributed by atoms with van der Waals surface area (Å²) in [5.74, 6) is -0.370. The van der Waals surface area contributed by atoms with Gasteiger partial charge < -0.3 is 20.1 Å². The first kappa shape index (κ1) is 29.3. The lowest BCUT2D eigenvalue weighted by molar-refractivity contribution is 0.0693. The van der Waals surface area contributed by atoms with Crippen LogP contribution in [0.5, 0.6) is 11.5 Å². The Morgan fingerprint density at radius 3 is 2.51 bits per heavy atom. The second-order valence-corrected chi connectivity index (χ2v) is 13.0. The Morgan fingerprint density at radius 2 is 1.77 bits per heavy atom. The molecule has 1 saturated heterocycles. The molecular weight excluding hydrogens is 562 g/mol. The molecule has 0 atom stereocenters. The maximum atomic E-state index is 12.3. The van der Waals surface area contributed by atoms with Crippen LogP contribution in [0.25, 0.3) is 5.57 Å². The summed E-state index contributed by atoms with van der Waals surface area (Å²) in [7, 11) is 0. The molecule has 0 unspecified atom stereocenters. The van der Waals surface area contributed by atoms with Crippen molar-refractivity contribution in [1.29, 1.82) is 0 Å². The number of hydrogen-bond donors (Lipinski definition) is 2. The molecule has 7 nitrogen and oxygen atoms in total. The normalized spacial score (nSPS) is 18.7. The second-order valence-electron chi connectivity index (χ2n) is 12.6. The SMILES string of the molecule is CC1(C)CCC(CN2CCN(c3ccc(C(=O)O)c(Oc4cccc5c4CCNC5=O)c3)CC2)=C(c2ccc(Cl)cc2)C1. The minimum absolute atomic E-state index is 0.0992. The molecule has 2 aliphatic heterocycles. The van der Waals surface area contributed by atoms with Gasteiger partial charge in [-0.05, 0) is 78.6 Å². The lowest BCUT2D eigenvalue weighted by atomic mass is 9.72. The number of nitrogens with zero attached hydrogens (tertiary/aromatic N) is 2. The molecule has 2 heterocycles. The van der Waals surface area contributed by atoms with E-state index < -0.39 is 5.97 Å². The van der Waals surface area contributed by atoms with Gasteiger partial charge in [0.2, 0.25) is 0 Å². The van der Waals surface area contributed by atoms with Crippen LogP contribution in [0.3, 0.4) is 0 Å². The fourth-order valence-electron chi connectivity index (χ4n) is 6.51. The number of carboxylic acid groups (broad SMARTS) is 1. The summed E-state index contributed by atoms with van der Waals surface area (Å²) < 4.78 is 6.24. The summed E-state index contributed by atoms with van der Waals surface area (Å²) >= 11 is 6.19. The monoisotopic (exact) mass is 599 g/mol. The minimum atomic E-state index is -1.05. The van der Waals surface area contributed by atoms with Crippen molar-refractivity contribution in [2.45, 2.75) is 39.5 Å². The molecular formula is C35H38ClN3O4. The first-order chi connectivity index (χ1) is 20.7.